The van der Waals surface area contributed by atoms with E-state index in [1.807, 2.05) is 36.4 Å². The molecule has 0 saturated carbocycles. The Labute approximate surface area is 197 Å². The molecule has 34 heavy (non-hydrogen) atoms. The predicted octanol–water partition coefficient (Wildman–Crippen LogP) is 5.68. The van der Waals surface area contributed by atoms with Crippen molar-refractivity contribution in [1.82, 2.24) is 4.90 Å². The summed E-state index contributed by atoms with van der Waals surface area (Å²) in [5.41, 5.74) is 2.23. The summed E-state index contributed by atoms with van der Waals surface area (Å²) in [7, 11) is -2.16. The van der Waals surface area contributed by atoms with Crippen LogP contribution in [0.3, 0.4) is 0 Å². The lowest BCUT2D eigenvalue weighted by molar-refractivity contribution is -0.137. The van der Waals surface area contributed by atoms with Crippen molar-refractivity contribution < 1.29 is 26.3 Å². The summed E-state index contributed by atoms with van der Waals surface area (Å²) in [6.45, 7) is 2.02. The molecule has 3 aromatic rings. The molecule has 1 aliphatic rings. The average Bonchev–Trinajstić information content (AvgIpc) is 3.25. The Balaban J connectivity index is 1.38. The van der Waals surface area contributed by atoms with Gasteiger partial charge in [-0.3, -0.25) is 4.90 Å². The minimum absolute atomic E-state index is 0.118. The first-order valence-electron chi connectivity index (χ1n) is 11.0. The van der Waals surface area contributed by atoms with Gasteiger partial charge in [0.05, 0.1) is 23.3 Å². The Bertz CT molecular complexity index is 1240. The van der Waals surface area contributed by atoms with Crippen molar-refractivity contribution in [3.8, 4) is 16.9 Å². The lowest BCUT2D eigenvalue weighted by atomic mass is 10.0. The van der Waals surface area contributed by atoms with Crippen LogP contribution in [0.4, 0.5) is 13.2 Å². The number of nitrogens with zero attached hydrogens (tertiary/aromatic N) is 1. The fraction of sp³-hybridized carbons (Fsp3) is 0.308. The Morgan fingerprint density at radius 2 is 1.74 bits per heavy atom. The first-order chi connectivity index (χ1) is 16.2. The van der Waals surface area contributed by atoms with Crippen LogP contribution in [0, 0.1) is 5.92 Å². The van der Waals surface area contributed by atoms with Crippen LogP contribution < -0.4 is 4.74 Å². The molecule has 1 saturated heterocycles. The van der Waals surface area contributed by atoms with Gasteiger partial charge in [-0.2, -0.15) is 13.2 Å². The van der Waals surface area contributed by atoms with Crippen molar-refractivity contribution in [3.63, 3.8) is 0 Å². The second kappa shape index (κ2) is 9.80. The van der Waals surface area contributed by atoms with E-state index in [1.54, 1.807) is 7.11 Å². The zero-order valence-corrected chi connectivity index (χ0v) is 19.6. The Kier molecular flexibility index (Phi) is 7.00. The normalized spacial score (nSPS) is 17.1. The summed E-state index contributed by atoms with van der Waals surface area (Å²) < 4.78 is 69.9. The van der Waals surface area contributed by atoms with Gasteiger partial charge in [0.25, 0.3) is 0 Å². The highest BCUT2D eigenvalue weighted by Gasteiger charge is 2.33. The van der Waals surface area contributed by atoms with Gasteiger partial charge in [0, 0.05) is 18.7 Å². The highest BCUT2D eigenvalue weighted by molar-refractivity contribution is 7.91. The molecule has 180 valence electrons. The molecule has 4 rings (SSSR count). The standard InChI is InChI=1S/C26H26F3NO3S/c1-33-25-8-3-2-7-24(25)21-11-9-19(10-12-21)16-30-14-13-20(17-30)18-34(31,32)23-6-4-5-22(15-23)26(27,28)29/h2-12,15,20H,13-14,16-18H2,1H3/t20-/m1/s1. The van der Waals surface area contributed by atoms with Crippen molar-refractivity contribution >= 4 is 9.84 Å². The number of rotatable bonds is 7. The largest absolute Gasteiger partial charge is 0.496 e. The van der Waals surface area contributed by atoms with Crippen LogP contribution in [-0.2, 0) is 22.6 Å². The first-order valence-corrected chi connectivity index (χ1v) is 12.7. The maximum atomic E-state index is 13.0. The molecule has 1 aliphatic heterocycles. The minimum Gasteiger partial charge on any atom is -0.496 e. The predicted molar refractivity (Wildman–Crippen MR) is 125 cm³/mol. The van der Waals surface area contributed by atoms with Crippen LogP contribution >= 0.6 is 0 Å². The van der Waals surface area contributed by atoms with Gasteiger partial charge in [0.1, 0.15) is 5.75 Å². The van der Waals surface area contributed by atoms with E-state index in [1.165, 1.54) is 6.07 Å². The van der Waals surface area contributed by atoms with Gasteiger partial charge in [-0.1, -0.05) is 48.5 Å². The third kappa shape index (κ3) is 5.62. The monoisotopic (exact) mass is 489 g/mol. The van der Waals surface area contributed by atoms with Gasteiger partial charge < -0.3 is 4.74 Å². The lowest BCUT2D eigenvalue weighted by Crippen LogP contribution is -2.23. The average molecular weight is 490 g/mol. The van der Waals surface area contributed by atoms with Crippen molar-refractivity contribution in [2.75, 3.05) is 26.0 Å². The van der Waals surface area contributed by atoms with Gasteiger partial charge in [0.15, 0.2) is 9.84 Å². The molecule has 0 N–H and O–H groups in total. The summed E-state index contributed by atoms with van der Waals surface area (Å²) in [5, 5.41) is 0. The number of ether oxygens (including phenoxy) is 1. The topological polar surface area (TPSA) is 46.6 Å². The minimum atomic E-state index is -4.57. The number of hydrogen-bond donors (Lipinski definition) is 0. The first kappa shape index (κ1) is 24.3. The molecule has 0 aromatic heterocycles. The zero-order chi connectivity index (χ0) is 24.3. The number of methoxy groups -OCH3 is 1. The highest BCUT2D eigenvalue weighted by Crippen LogP contribution is 2.32. The molecule has 1 atom stereocenters. The van der Waals surface area contributed by atoms with E-state index in [-0.39, 0.29) is 16.6 Å². The molecule has 4 nitrogen and oxygen atoms in total. The van der Waals surface area contributed by atoms with Crippen LogP contribution in [0.2, 0.25) is 0 Å². The van der Waals surface area contributed by atoms with E-state index < -0.39 is 21.6 Å². The molecule has 0 aliphatic carbocycles. The van der Waals surface area contributed by atoms with Crippen LogP contribution in [0.1, 0.15) is 17.5 Å². The summed E-state index contributed by atoms with van der Waals surface area (Å²) >= 11 is 0. The van der Waals surface area contributed by atoms with Crippen molar-refractivity contribution in [3.05, 3.63) is 83.9 Å². The molecule has 1 fully saturated rings. The van der Waals surface area contributed by atoms with Gasteiger partial charge in [0.2, 0.25) is 0 Å². The summed E-state index contributed by atoms with van der Waals surface area (Å²) in [6.07, 6.45) is -3.88. The molecule has 0 radical (unpaired) electrons. The third-order valence-corrected chi connectivity index (χ3v) is 8.01. The van der Waals surface area contributed by atoms with Crippen LogP contribution in [0.15, 0.2) is 77.7 Å². The second-order valence-electron chi connectivity index (χ2n) is 8.59. The SMILES string of the molecule is COc1ccccc1-c1ccc(CN2CC[C@@H](CS(=O)(=O)c3cccc(C(F)(F)F)c3)C2)cc1. The van der Waals surface area contributed by atoms with Gasteiger partial charge in [-0.15, -0.1) is 0 Å². The van der Waals surface area contributed by atoms with Gasteiger partial charge in [-0.25, -0.2) is 8.42 Å². The van der Waals surface area contributed by atoms with E-state index in [2.05, 4.69) is 17.0 Å². The molecule has 0 bridgehead atoms. The number of benzene rings is 3. The number of sulfone groups is 1. The molecular formula is C26H26F3NO3S. The fourth-order valence-corrected chi connectivity index (χ4v) is 6.07. The third-order valence-electron chi connectivity index (χ3n) is 6.12. The molecule has 0 amide bonds. The molecule has 0 unspecified atom stereocenters. The summed E-state index contributed by atoms with van der Waals surface area (Å²) in [6, 6.07) is 20.0. The van der Waals surface area contributed by atoms with Crippen molar-refractivity contribution in [1.29, 1.82) is 0 Å². The van der Waals surface area contributed by atoms with E-state index in [9.17, 15) is 21.6 Å². The molecule has 8 heteroatoms. The van der Waals surface area contributed by atoms with Crippen LogP contribution in [0.5, 0.6) is 5.75 Å². The zero-order valence-electron chi connectivity index (χ0n) is 18.8. The number of alkyl halides is 3. The maximum Gasteiger partial charge on any atom is 0.416 e. The van der Waals surface area contributed by atoms with Crippen molar-refractivity contribution in [2.45, 2.75) is 24.0 Å². The van der Waals surface area contributed by atoms with Crippen LogP contribution in [-0.4, -0.2) is 39.3 Å². The fourth-order valence-electron chi connectivity index (χ4n) is 4.40. The molecule has 1 heterocycles. The summed E-state index contributed by atoms with van der Waals surface area (Å²) in [5.74, 6) is 0.532. The molecule has 3 aromatic carbocycles. The Morgan fingerprint density at radius 3 is 2.44 bits per heavy atom. The number of halogens is 3. The molecule has 0 spiro atoms. The van der Waals surface area contributed by atoms with Gasteiger partial charge >= 0.3 is 6.18 Å². The van der Waals surface area contributed by atoms with E-state index in [0.29, 0.717) is 19.5 Å². The van der Waals surface area contributed by atoms with E-state index >= 15 is 0 Å². The van der Waals surface area contributed by atoms with Crippen LogP contribution in [0.25, 0.3) is 11.1 Å². The number of para-hydroxylation sites is 1. The highest BCUT2D eigenvalue weighted by atomic mass is 32.2. The quantitative estimate of drug-likeness (QED) is 0.429. The Morgan fingerprint density at radius 1 is 1.00 bits per heavy atom. The van der Waals surface area contributed by atoms with Crippen molar-refractivity contribution in [2.24, 2.45) is 5.92 Å². The maximum absolute atomic E-state index is 13.0. The molecular weight excluding hydrogens is 463 g/mol. The Hall–Kier alpha value is -2.84. The van der Waals surface area contributed by atoms with E-state index in [0.717, 1.165) is 47.2 Å². The lowest BCUT2D eigenvalue weighted by Gasteiger charge is -2.17. The van der Waals surface area contributed by atoms with Gasteiger partial charge in [-0.05, 0) is 54.3 Å². The smallest absolute Gasteiger partial charge is 0.416 e. The number of hydrogen-bond acceptors (Lipinski definition) is 4. The second-order valence-corrected chi connectivity index (χ2v) is 10.6. The number of likely N-dealkylation sites (tertiary alicyclic amines) is 1. The van der Waals surface area contributed by atoms with E-state index in [4.69, 9.17) is 4.74 Å². The summed E-state index contributed by atoms with van der Waals surface area (Å²) in [4.78, 5) is 1.91.